The fourth-order valence-corrected chi connectivity index (χ4v) is 2.72. The highest BCUT2D eigenvalue weighted by Crippen LogP contribution is 2.34. The number of hydrogen-bond donors (Lipinski definition) is 0. The monoisotopic (exact) mass is 502 g/mol. The van der Waals surface area contributed by atoms with Gasteiger partial charge in [-0.2, -0.15) is 0 Å². The Labute approximate surface area is 162 Å². The first kappa shape index (κ1) is 22.9. The number of esters is 2. The Morgan fingerprint density at radius 1 is 1.04 bits per heavy atom. The molecule has 0 saturated carbocycles. The molecule has 0 radical (unpaired) electrons. The molecule has 0 aliphatic rings. The summed E-state index contributed by atoms with van der Waals surface area (Å²) >= 11 is 5.47. The lowest BCUT2D eigenvalue weighted by Crippen LogP contribution is -2.31. The van der Waals surface area contributed by atoms with Crippen LogP contribution in [-0.2, 0) is 19.1 Å². The molecular weight excluding hydrogens is 475 g/mol. The molecule has 0 spiro atoms. The van der Waals surface area contributed by atoms with Gasteiger partial charge in [-0.25, -0.2) is 0 Å². The van der Waals surface area contributed by atoms with Crippen molar-refractivity contribution in [3.63, 3.8) is 0 Å². The van der Waals surface area contributed by atoms with E-state index in [0.29, 0.717) is 0 Å². The molecule has 0 aromatic carbocycles. The van der Waals surface area contributed by atoms with Gasteiger partial charge >= 0.3 is 11.9 Å². The Bertz CT molecular complexity index is 462. The standard InChI is InChI=1S/C17H28BrIO4/c1-11(2)14(20)22-9-13(19)12(18)8-23-15(21)17(6,7)10-16(3,4)5/h11H,8-10H2,1-7H3/b13-12+. The molecular formula is C17H28BrIO4. The Kier molecular flexibility index (Phi) is 9.35. The van der Waals surface area contributed by atoms with Gasteiger partial charge in [-0.05, 0) is 48.3 Å². The van der Waals surface area contributed by atoms with Gasteiger partial charge in [0.1, 0.15) is 13.2 Å². The molecule has 0 amide bonds. The van der Waals surface area contributed by atoms with E-state index < -0.39 is 5.41 Å². The van der Waals surface area contributed by atoms with Crippen LogP contribution in [0.25, 0.3) is 0 Å². The number of ether oxygens (including phenoxy) is 2. The summed E-state index contributed by atoms with van der Waals surface area (Å²) in [4.78, 5) is 23.7. The highest BCUT2D eigenvalue weighted by atomic mass is 127. The Hall–Kier alpha value is -0.110. The Morgan fingerprint density at radius 3 is 2.00 bits per heavy atom. The van der Waals surface area contributed by atoms with E-state index in [2.05, 4.69) is 59.3 Å². The van der Waals surface area contributed by atoms with E-state index in [0.717, 1.165) is 14.5 Å². The average Bonchev–Trinajstić information content (AvgIpc) is 2.38. The normalized spacial score (nSPS) is 13.7. The van der Waals surface area contributed by atoms with E-state index in [4.69, 9.17) is 9.47 Å². The first-order valence-electron chi connectivity index (χ1n) is 7.63. The van der Waals surface area contributed by atoms with Crippen LogP contribution in [-0.4, -0.2) is 25.2 Å². The number of halogens is 2. The molecule has 6 heteroatoms. The molecule has 0 saturated heterocycles. The third-order valence-electron chi connectivity index (χ3n) is 2.96. The largest absolute Gasteiger partial charge is 0.460 e. The van der Waals surface area contributed by atoms with Gasteiger partial charge in [0.25, 0.3) is 0 Å². The summed E-state index contributed by atoms with van der Waals surface area (Å²) in [5.74, 6) is -0.635. The minimum Gasteiger partial charge on any atom is -0.460 e. The van der Waals surface area contributed by atoms with Gasteiger partial charge < -0.3 is 9.47 Å². The van der Waals surface area contributed by atoms with Crippen LogP contribution < -0.4 is 0 Å². The van der Waals surface area contributed by atoms with Gasteiger partial charge in [0.15, 0.2) is 0 Å². The van der Waals surface area contributed by atoms with Crippen LogP contribution in [0.1, 0.15) is 54.9 Å². The summed E-state index contributed by atoms with van der Waals surface area (Å²) in [5.41, 5.74) is -0.490. The molecule has 0 fully saturated rings. The maximum absolute atomic E-state index is 12.3. The molecule has 0 atom stereocenters. The van der Waals surface area contributed by atoms with Crippen molar-refractivity contribution in [3.05, 3.63) is 8.06 Å². The smallest absolute Gasteiger partial charge is 0.311 e. The van der Waals surface area contributed by atoms with Crippen LogP contribution in [0.15, 0.2) is 8.06 Å². The number of carbonyl (C=O) groups is 2. The molecule has 0 aliphatic carbocycles. The van der Waals surface area contributed by atoms with Crippen LogP contribution in [0.5, 0.6) is 0 Å². The molecule has 0 unspecified atom stereocenters. The first-order valence-corrected chi connectivity index (χ1v) is 9.50. The molecule has 0 N–H and O–H groups in total. The molecule has 0 bridgehead atoms. The van der Waals surface area contributed by atoms with Crippen LogP contribution in [0.3, 0.4) is 0 Å². The lowest BCUT2D eigenvalue weighted by Gasteiger charge is -2.30. The summed E-state index contributed by atoms with van der Waals surface area (Å²) in [6, 6.07) is 0. The first-order chi connectivity index (χ1) is 10.3. The Balaban J connectivity index is 4.56. The summed E-state index contributed by atoms with van der Waals surface area (Å²) in [6.45, 7) is 14.0. The lowest BCUT2D eigenvalue weighted by atomic mass is 9.76. The molecule has 0 rings (SSSR count). The minimum atomic E-state index is -0.541. The van der Waals surface area contributed by atoms with E-state index in [1.165, 1.54) is 0 Å². The zero-order valence-electron chi connectivity index (χ0n) is 15.1. The highest BCUT2D eigenvalue weighted by Gasteiger charge is 2.34. The summed E-state index contributed by atoms with van der Waals surface area (Å²) in [6.07, 6.45) is 0.739. The second-order valence-electron chi connectivity index (χ2n) is 7.77. The van der Waals surface area contributed by atoms with Gasteiger partial charge in [0.2, 0.25) is 0 Å². The van der Waals surface area contributed by atoms with Gasteiger partial charge in [0.05, 0.1) is 11.3 Å². The summed E-state index contributed by atoms with van der Waals surface area (Å²) in [5, 5.41) is 0. The van der Waals surface area contributed by atoms with Crippen molar-refractivity contribution in [2.24, 2.45) is 16.7 Å². The van der Waals surface area contributed by atoms with Crippen molar-refractivity contribution in [1.29, 1.82) is 0 Å². The fraction of sp³-hybridized carbons (Fsp3) is 0.765. The van der Waals surface area contributed by atoms with Crippen LogP contribution in [0.4, 0.5) is 0 Å². The van der Waals surface area contributed by atoms with Gasteiger partial charge in [-0.3, -0.25) is 9.59 Å². The van der Waals surface area contributed by atoms with Crippen molar-refractivity contribution in [1.82, 2.24) is 0 Å². The molecule has 0 aromatic heterocycles. The zero-order valence-corrected chi connectivity index (χ0v) is 18.8. The predicted molar refractivity (Wildman–Crippen MR) is 105 cm³/mol. The van der Waals surface area contributed by atoms with E-state index >= 15 is 0 Å². The molecule has 4 nitrogen and oxygen atoms in total. The van der Waals surface area contributed by atoms with Crippen LogP contribution in [0.2, 0.25) is 0 Å². The van der Waals surface area contributed by atoms with Crippen molar-refractivity contribution >= 4 is 50.5 Å². The fourth-order valence-electron chi connectivity index (χ4n) is 2.18. The molecule has 134 valence electrons. The second-order valence-corrected chi connectivity index (χ2v) is 10.0. The molecule has 0 aromatic rings. The van der Waals surface area contributed by atoms with Crippen molar-refractivity contribution in [2.75, 3.05) is 13.2 Å². The van der Waals surface area contributed by atoms with E-state index in [9.17, 15) is 9.59 Å². The van der Waals surface area contributed by atoms with Gasteiger partial charge in [-0.15, -0.1) is 0 Å². The third-order valence-corrected chi connectivity index (χ3v) is 5.37. The minimum absolute atomic E-state index is 0.0507. The predicted octanol–water partition coefficient (Wildman–Crippen LogP) is 5.23. The zero-order chi connectivity index (χ0) is 18.4. The van der Waals surface area contributed by atoms with Crippen molar-refractivity contribution < 1.29 is 19.1 Å². The highest BCUT2D eigenvalue weighted by molar-refractivity contribution is 14.1. The number of hydrogen-bond acceptors (Lipinski definition) is 4. The quantitative estimate of drug-likeness (QED) is 0.353. The average molecular weight is 503 g/mol. The molecule has 23 heavy (non-hydrogen) atoms. The maximum Gasteiger partial charge on any atom is 0.311 e. The van der Waals surface area contributed by atoms with Crippen LogP contribution in [0, 0.1) is 16.7 Å². The van der Waals surface area contributed by atoms with E-state index in [1.807, 2.05) is 13.8 Å². The number of carbonyl (C=O) groups excluding carboxylic acids is 2. The molecule has 0 aliphatic heterocycles. The third kappa shape index (κ3) is 9.69. The molecule has 0 heterocycles. The second kappa shape index (κ2) is 9.39. The lowest BCUT2D eigenvalue weighted by molar-refractivity contribution is -0.154. The van der Waals surface area contributed by atoms with E-state index in [-0.39, 0.29) is 36.5 Å². The number of rotatable bonds is 7. The SMILES string of the molecule is CC(C)C(=O)OC/C(I)=C(\Br)COC(=O)C(C)(C)CC(C)(C)C. The van der Waals surface area contributed by atoms with E-state index in [1.54, 1.807) is 13.8 Å². The maximum atomic E-state index is 12.3. The van der Waals surface area contributed by atoms with Crippen molar-refractivity contribution in [3.8, 4) is 0 Å². The topological polar surface area (TPSA) is 52.6 Å². The van der Waals surface area contributed by atoms with Crippen LogP contribution >= 0.6 is 38.5 Å². The Morgan fingerprint density at radius 2 is 1.57 bits per heavy atom. The van der Waals surface area contributed by atoms with Crippen molar-refractivity contribution in [2.45, 2.75) is 54.9 Å². The van der Waals surface area contributed by atoms with Gasteiger partial charge in [0, 0.05) is 8.06 Å². The van der Waals surface area contributed by atoms with Gasteiger partial charge in [-0.1, -0.05) is 50.5 Å². The summed E-state index contributed by atoms with van der Waals surface area (Å²) in [7, 11) is 0. The summed E-state index contributed by atoms with van der Waals surface area (Å²) < 4.78 is 12.1.